The molecule has 0 radical (unpaired) electrons. The van der Waals surface area contributed by atoms with Gasteiger partial charge in [-0.25, -0.2) is 4.79 Å². The number of ether oxygens (including phenoxy) is 1. The zero-order valence-electron chi connectivity index (χ0n) is 11.9. The number of nitrogens with zero attached hydrogens (tertiary/aromatic N) is 1. The van der Waals surface area contributed by atoms with Crippen LogP contribution in [0.1, 0.15) is 49.1 Å². The van der Waals surface area contributed by atoms with Crippen LogP contribution in [0.4, 0.5) is 0 Å². The fourth-order valence-electron chi connectivity index (χ4n) is 5.13. The first kappa shape index (κ1) is 13.0. The van der Waals surface area contributed by atoms with Crippen LogP contribution in [0.15, 0.2) is 16.8 Å². The van der Waals surface area contributed by atoms with Gasteiger partial charge in [0, 0.05) is 11.5 Å². The van der Waals surface area contributed by atoms with E-state index in [4.69, 9.17) is 9.26 Å². The first-order chi connectivity index (χ1) is 10.1. The Morgan fingerprint density at radius 1 is 1.19 bits per heavy atom. The SMILES string of the molecule is O=C(OCC(=O)C12CC3CC(CC(C3)C1)C2)c1ccno1. The second-order valence-electron chi connectivity index (χ2n) is 7.07. The third kappa shape index (κ3) is 2.19. The largest absolute Gasteiger partial charge is 0.452 e. The van der Waals surface area contributed by atoms with E-state index >= 15 is 0 Å². The Kier molecular flexibility index (Phi) is 2.91. The van der Waals surface area contributed by atoms with Gasteiger partial charge in [0.25, 0.3) is 0 Å². The van der Waals surface area contributed by atoms with Gasteiger partial charge in [0.15, 0.2) is 12.4 Å². The summed E-state index contributed by atoms with van der Waals surface area (Å²) in [5.41, 5.74) is -0.212. The van der Waals surface area contributed by atoms with Crippen molar-refractivity contribution in [3.8, 4) is 0 Å². The lowest BCUT2D eigenvalue weighted by atomic mass is 9.48. The molecule has 1 aromatic rings. The highest BCUT2D eigenvalue weighted by atomic mass is 16.6. The summed E-state index contributed by atoms with van der Waals surface area (Å²) in [6.07, 6.45) is 8.27. The molecule has 21 heavy (non-hydrogen) atoms. The number of carbonyl (C=O) groups excluding carboxylic acids is 2. The lowest BCUT2D eigenvalue weighted by Gasteiger charge is -2.55. The minimum atomic E-state index is -0.606. The third-order valence-electron chi connectivity index (χ3n) is 5.60. The average Bonchev–Trinajstić information content (AvgIpc) is 2.97. The van der Waals surface area contributed by atoms with E-state index in [0.29, 0.717) is 17.8 Å². The first-order valence-corrected chi connectivity index (χ1v) is 7.76. The quantitative estimate of drug-likeness (QED) is 0.797. The Morgan fingerprint density at radius 2 is 1.81 bits per heavy atom. The summed E-state index contributed by atoms with van der Waals surface area (Å²) >= 11 is 0. The van der Waals surface area contributed by atoms with Crippen molar-refractivity contribution in [1.82, 2.24) is 5.16 Å². The first-order valence-electron chi connectivity index (χ1n) is 7.76. The zero-order valence-corrected chi connectivity index (χ0v) is 11.9. The number of carbonyl (C=O) groups is 2. The van der Waals surface area contributed by atoms with Gasteiger partial charge in [0.2, 0.25) is 5.76 Å². The highest BCUT2D eigenvalue weighted by molar-refractivity contribution is 5.91. The van der Waals surface area contributed by atoms with E-state index < -0.39 is 5.97 Å². The highest BCUT2D eigenvalue weighted by Crippen LogP contribution is 2.60. The summed E-state index contributed by atoms with van der Waals surface area (Å²) in [5, 5.41) is 3.46. The molecule has 5 nitrogen and oxygen atoms in total. The Morgan fingerprint density at radius 3 is 2.33 bits per heavy atom. The van der Waals surface area contributed by atoms with Crippen molar-refractivity contribution in [2.45, 2.75) is 38.5 Å². The number of aromatic nitrogens is 1. The van der Waals surface area contributed by atoms with Crippen LogP contribution in [0.5, 0.6) is 0 Å². The highest BCUT2D eigenvalue weighted by Gasteiger charge is 2.54. The van der Waals surface area contributed by atoms with E-state index in [9.17, 15) is 9.59 Å². The van der Waals surface area contributed by atoms with Gasteiger partial charge in [-0.3, -0.25) is 4.79 Å². The number of esters is 1. The lowest BCUT2D eigenvalue weighted by Crippen LogP contribution is -2.51. The number of Topliss-reactive ketones (excluding diaryl/α,β-unsaturated/α-hetero) is 1. The predicted octanol–water partition coefficient (Wildman–Crippen LogP) is 2.62. The molecule has 0 atom stereocenters. The summed E-state index contributed by atoms with van der Waals surface area (Å²) in [5.74, 6) is 1.69. The predicted molar refractivity (Wildman–Crippen MR) is 72.4 cm³/mol. The van der Waals surface area contributed by atoms with E-state index in [2.05, 4.69) is 5.16 Å². The molecule has 4 fully saturated rings. The van der Waals surface area contributed by atoms with Crippen molar-refractivity contribution in [2.24, 2.45) is 23.2 Å². The van der Waals surface area contributed by atoms with E-state index in [1.165, 1.54) is 31.5 Å². The molecule has 1 heterocycles. The summed E-state index contributed by atoms with van der Waals surface area (Å²) in [6, 6.07) is 1.44. The van der Waals surface area contributed by atoms with E-state index in [0.717, 1.165) is 19.3 Å². The van der Waals surface area contributed by atoms with Crippen LogP contribution in [0, 0.1) is 23.2 Å². The van der Waals surface area contributed by atoms with Crippen LogP contribution in [0.2, 0.25) is 0 Å². The molecule has 4 aliphatic carbocycles. The van der Waals surface area contributed by atoms with Gasteiger partial charge in [-0.1, -0.05) is 5.16 Å². The van der Waals surface area contributed by atoms with Crippen molar-refractivity contribution < 1.29 is 18.8 Å². The van der Waals surface area contributed by atoms with Gasteiger partial charge in [-0.05, 0) is 56.3 Å². The van der Waals surface area contributed by atoms with Crippen LogP contribution in [-0.2, 0) is 9.53 Å². The van der Waals surface area contributed by atoms with Crippen LogP contribution in [0.25, 0.3) is 0 Å². The van der Waals surface area contributed by atoms with Crippen molar-refractivity contribution in [3.63, 3.8) is 0 Å². The van der Waals surface area contributed by atoms with Gasteiger partial charge in [-0.2, -0.15) is 0 Å². The van der Waals surface area contributed by atoms with Gasteiger partial charge in [0.05, 0.1) is 6.20 Å². The number of rotatable bonds is 4. The van der Waals surface area contributed by atoms with Gasteiger partial charge < -0.3 is 9.26 Å². The summed E-state index contributed by atoms with van der Waals surface area (Å²) in [7, 11) is 0. The molecule has 0 unspecified atom stereocenters. The molecule has 0 spiro atoms. The molecule has 4 bridgehead atoms. The smallest absolute Gasteiger partial charge is 0.377 e. The molecular weight excluding hydrogens is 270 g/mol. The fraction of sp³-hybridized carbons (Fsp3) is 0.688. The minimum absolute atomic E-state index is 0.0494. The fourth-order valence-corrected chi connectivity index (χ4v) is 5.13. The molecular formula is C16H19NO4. The van der Waals surface area contributed by atoms with E-state index in [1.54, 1.807) is 0 Å². The summed E-state index contributed by atoms with van der Waals surface area (Å²) in [6.45, 7) is -0.133. The molecule has 1 aromatic heterocycles. The number of hydrogen-bond donors (Lipinski definition) is 0. The maximum absolute atomic E-state index is 12.6. The minimum Gasteiger partial charge on any atom is -0.452 e. The van der Waals surface area contributed by atoms with Crippen molar-refractivity contribution in [3.05, 3.63) is 18.0 Å². The van der Waals surface area contributed by atoms with Crippen molar-refractivity contribution in [2.75, 3.05) is 6.61 Å². The normalized spacial score (nSPS) is 36.7. The molecule has 0 aliphatic heterocycles. The molecule has 0 aromatic carbocycles. The molecule has 0 saturated heterocycles. The van der Waals surface area contributed by atoms with Crippen LogP contribution >= 0.6 is 0 Å². The molecule has 0 N–H and O–H groups in total. The maximum atomic E-state index is 12.6. The van der Waals surface area contributed by atoms with E-state index in [1.807, 2.05) is 0 Å². The molecule has 5 rings (SSSR count). The molecule has 5 heteroatoms. The second-order valence-corrected chi connectivity index (χ2v) is 7.07. The third-order valence-corrected chi connectivity index (χ3v) is 5.60. The zero-order chi connectivity index (χ0) is 14.4. The molecule has 4 saturated carbocycles. The molecule has 0 amide bonds. The maximum Gasteiger partial charge on any atom is 0.377 e. The Bertz CT molecular complexity index is 528. The Hall–Kier alpha value is -1.65. The van der Waals surface area contributed by atoms with Crippen LogP contribution in [-0.4, -0.2) is 23.5 Å². The second kappa shape index (κ2) is 4.68. The number of ketones is 1. The molecule has 4 aliphatic rings. The monoisotopic (exact) mass is 289 g/mol. The van der Waals surface area contributed by atoms with E-state index in [-0.39, 0.29) is 23.6 Å². The van der Waals surface area contributed by atoms with Crippen LogP contribution < -0.4 is 0 Å². The lowest BCUT2D eigenvalue weighted by molar-refractivity contribution is -0.147. The van der Waals surface area contributed by atoms with Gasteiger partial charge in [-0.15, -0.1) is 0 Å². The summed E-state index contributed by atoms with van der Waals surface area (Å²) in [4.78, 5) is 24.4. The Balaban J connectivity index is 1.42. The topological polar surface area (TPSA) is 69.4 Å². The summed E-state index contributed by atoms with van der Waals surface area (Å²) < 4.78 is 9.86. The van der Waals surface area contributed by atoms with Gasteiger partial charge >= 0.3 is 5.97 Å². The Labute approximate surface area is 123 Å². The van der Waals surface area contributed by atoms with Crippen molar-refractivity contribution in [1.29, 1.82) is 0 Å². The van der Waals surface area contributed by atoms with Crippen LogP contribution in [0.3, 0.4) is 0 Å². The number of hydrogen-bond acceptors (Lipinski definition) is 5. The van der Waals surface area contributed by atoms with Crippen molar-refractivity contribution >= 4 is 11.8 Å². The standard InChI is InChI=1S/C16H19NO4/c18-14(9-20-15(19)13-1-2-17-21-13)16-6-10-3-11(7-16)5-12(4-10)8-16/h1-2,10-12H,3-9H2. The average molecular weight is 289 g/mol. The van der Waals surface area contributed by atoms with Gasteiger partial charge in [0.1, 0.15) is 0 Å². The molecule has 112 valence electrons.